The number of hydrogen-bond acceptors (Lipinski definition) is 5. The first-order chi connectivity index (χ1) is 13.5. The van der Waals surface area contributed by atoms with Gasteiger partial charge in [-0.15, -0.1) is 0 Å². The Bertz CT molecular complexity index is 762. The highest BCUT2D eigenvalue weighted by molar-refractivity contribution is 6.30. The Morgan fingerprint density at radius 2 is 1.75 bits per heavy atom. The van der Waals surface area contributed by atoms with Gasteiger partial charge in [-0.25, -0.2) is 4.79 Å². The van der Waals surface area contributed by atoms with Crippen LogP contribution >= 0.6 is 11.6 Å². The fourth-order valence-electron chi connectivity index (χ4n) is 3.16. The van der Waals surface area contributed by atoms with Gasteiger partial charge in [0.1, 0.15) is 18.5 Å². The monoisotopic (exact) mass is 404 g/mol. The van der Waals surface area contributed by atoms with Crippen molar-refractivity contribution in [2.45, 2.75) is 6.10 Å². The van der Waals surface area contributed by atoms with Crippen molar-refractivity contribution in [2.24, 2.45) is 5.73 Å². The van der Waals surface area contributed by atoms with Gasteiger partial charge >= 0.3 is 6.03 Å². The number of rotatable bonds is 7. The minimum Gasteiger partial charge on any atom is -0.491 e. The second kappa shape index (κ2) is 9.64. The zero-order valence-corrected chi connectivity index (χ0v) is 16.3. The third-order valence-electron chi connectivity index (χ3n) is 4.60. The summed E-state index contributed by atoms with van der Waals surface area (Å²) >= 11 is 5.94. The lowest BCUT2D eigenvalue weighted by Gasteiger charge is -2.36. The molecule has 1 aliphatic heterocycles. The Kier molecular flexibility index (Phi) is 6.97. The molecule has 0 saturated carbocycles. The number of nitrogens with two attached hydrogens (primary N) is 1. The van der Waals surface area contributed by atoms with E-state index in [0.29, 0.717) is 18.0 Å². The lowest BCUT2D eigenvalue weighted by atomic mass is 10.2. The molecule has 8 heteroatoms. The second-order valence-electron chi connectivity index (χ2n) is 6.74. The molecule has 28 heavy (non-hydrogen) atoms. The van der Waals surface area contributed by atoms with Crippen molar-refractivity contribution in [3.05, 3.63) is 53.6 Å². The van der Waals surface area contributed by atoms with Crippen LogP contribution in [0, 0.1) is 0 Å². The maximum Gasteiger partial charge on any atom is 0.316 e. The van der Waals surface area contributed by atoms with E-state index in [1.165, 1.54) is 5.69 Å². The first-order valence-electron chi connectivity index (χ1n) is 9.20. The second-order valence-corrected chi connectivity index (χ2v) is 7.18. The van der Waals surface area contributed by atoms with Crippen molar-refractivity contribution >= 4 is 29.0 Å². The Labute approximate surface area is 169 Å². The molecule has 150 valence electrons. The zero-order valence-electron chi connectivity index (χ0n) is 15.6. The smallest absolute Gasteiger partial charge is 0.316 e. The molecule has 2 aromatic carbocycles. The Balaban J connectivity index is 1.39. The fourth-order valence-corrected chi connectivity index (χ4v) is 3.29. The van der Waals surface area contributed by atoms with Gasteiger partial charge in [0, 0.05) is 49.1 Å². The summed E-state index contributed by atoms with van der Waals surface area (Å²) in [6, 6.07) is 14.1. The Hall–Kier alpha value is -2.48. The number of amides is 2. The van der Waals surface area contributed by atoms with Gasteiger partial charge in [0.05, 0.1) is 0 Å². The number of anilines is 2. The largest absolute Gasteiger partial charge is 0.491 e. The Morgan fingerprint density at radius 3 is 2.36 bits per heavy atom. The van der Waals surface area contributed by atoms with E-state index in [-0.39, 0.29) is 6.61 Å². The number of carbonyl (C=O) groups is 1. The van der Waals surface area contributed by atoms with Gasteiger partial charge in [0.15, 0.2) is 0 Å². The number of aliphatic hydroxyl groups is 1. The van der Waals surface area contributed by atoms with E-state index in [0.717, 1.165) is 31.2 Å². The topological polar surface area (TPSA) is 91.1 Å². The van der Waals surface area contributed by atoms with Crippen LogP contribution in [0.1, 0.15) is 0 Å². The van der Waals surface area contributed by atoms with Crippen LogP contribution in [0.2, 0.25) is 5.02 Å². The number of nitrogens with one attached hydrogen (secondary N) is 1. The van der Waals surface area contributed by atoms with Crippen LogP contribution in [0.5, 0.6) is 5.75 Å². The molecule has 0 radical (unpaired) electrons. The van der Waals surface area contributed by atoms with Gasteiger partial charge in [0.25, 0.3) is 0 Å². The van der Waals surface area contributed by atoms with Crippen LogP contribution < -0.4 is 20.7 Å². The molecular formula is C20H25ClN4O3. The van der Waals surface area contributed by atoms with Crippen LogP contribution in [0.4, 0.5) is 16.2 Å². The number of hydrogen-bond donors (Lipinski definition) is 3. The summed E-state index contributed by atoms with van der Waals surface area (Å²) in [5, 5.41) is 13.5. The molecule has 1 heterocycles. The highest BCUT2D eigenvalue weighted by Gasteiger charge is 2.19. The molecule has 1 atom stereocenters. The zero-order chi connectivity index (χ0) is 19.9. The first kappa shape index (κ1) is 20.3. The van der Waals surface area contributed by atoms with Gasteiger partial charge in [0.2, 0.25) is 0 Å². The molecule has 0 aromatic heterocycles. The summed E-state index contributed by atoms with van der Waals surface area (Å²) in [6.07, 6.45) is -0.578. The number of primary amides is 1. The average Bonchev–Trinajstić information content (AvgIpc) is 2.68. The van der Waals surface area contributed by atoms with Crippen molar-refractivity contribution in [3.8, 4) is 5.75 Å². The highest BCUT2D eigenvalue weighted by atomic mass is 35.5. The van der Waals surface area contributed by atoms with E-state index in [1.807, 2.05) is 24.3 Å². The number of benzene rings is 2. The molecule has 4 N–H and O–H groups in total. The first-order valence-corrected chi connectivity index (χ1v) is 9.57. The van der Waals surface area contributed by atoms with Gasteiger partial charge < -0.3 is 25.8 Å². The van der Waals surface area contributed by atoms with E-state index in [2.05, 4.69) is 15.1 Å². The molecule has 1 fully saturated rings. The van der Waals surface area contributed by atoms with Crippen LogP contribution in [0.3, 0.4) is 0 Å². The van der Waals surface area contributed by atoms with Gasteiger partial charge in [-0.3, -0.25) is 4.90 Å². The van der Waals surface area contributed by atoms with E-state index in [4.69, 9.17) is 22.1 Å². The van der Waals surface area contributed by atoms with Crippen LogP contribution in [0.25, 0.3) is 0 Å². The lowest BCUT2D eigenvalue weighted by Crippen LogP contribution is -2.49. The third-order valence-corrected chi connectivity index (χ3v) is 4.85. The number of aliphatic hydroxyl groups excluding tert-OH is 1. The highest BCUT2D eigenvalue weighted by Crippen LogP contribution is 2.20. The van der Waals surface area contributed by atoms with Crippen LogP contribution in [-0.2, 0) is 0 Å². The van der Waals surface area contributed by atoms with Crippen LogP contribution in [0.15, 0.2) is 48.5 Å². The maximum absolute atomic E-state index is 10.8. The maximum atomic E-state index is 10.8. The van der Waals surface area contributed by atoms with Crippen molar-refractivity contribution in [1.29, 1.82) is 0 Å². The molecular weight excluding hydrogens is 380 g/mol. The van der Waals surface area contributed by atoms with Crippen LogP contribution in [-0.4, -0.2) is 61.5 Å². The van der Waals surface area contributed by atoms with E-state index >= 15 is 0 Å². The average molecular weight is 405 g/mol. The summed E-state index contributed by atoms with van der Waals surface area (Å²) in [5.74, 6) is 0.627. The van der Waals surface area contributed by atoms with Gasteiger partial charge in [-0.2, -0.15) is 0 Å². The summed E-state index contributed by atoms with van der Waals surface area (Å²) < 4.78 is 5.63. The summed E-state index contributed by atoms with van der Waals surface area (Å²) in [6.45, 7) is 4.35. The van der Waals surface area contributed by atoms with Gasteiger partial charge in [-0.1, -0.05) is 11.6 Å². The number of urea groups is 1. The molecule has 1 aliphatic rings. The molecule has 3 rings (SSSR count). The van der Waals surface area contributed by atoms with E-state index < -0.39 is 12.1 Å². The predicted molar refractivity (Wildman–Crippen MR) is 111 cm³/mol. The molecule has 0 aliphatic carbocycles. The van der Waals surface area contributed by atoms with Crippen molar-refractivity contribution in [3.63, 3.8) is 0 Å². The van der Waals surface area contributed by atoms with E-state index in [9.17, 15) is 9.90 Å². The molecule has 0 bridgehead atoms. The quantitative estimate of drug-likeness (QED) is 0.659. The van der Waals surface area contributed by atoms with E-state index in [1.54, 1.807) is 24.3 Å². The molecule has 2 aromatic rings. The molecule has 0 unspecified atom stereocenters. The molecule has 1 saturated heterocycles. The molecule has 2 amide bonds. The molecule has 0 spiro atoms. The molecule has 7 nitrogen and oxygen atoms in total. The summed E-state index contributed by atoms with van der Waals surface area (Å²) in [4.78, 5) is 15.4. The Morgan fingerprint density at radius 1 is 1.11 bits per heavy atom. The minimum absolute atomic E-state index is 0.208. The lowest BCUT2D eigenvalue weighted by molar-refractivity contribution is 0.0663. The fraction of sp³-hybridized carbons (Fsp3) is 0.350. The normalized spacial score (nSPS) is 15.9. The summed E-state index contributed by atoms with van der Waals surface area (Å²) in [5.41, 5.74) is 6.84. The number of ether oxygens (including phenoxy) is 1. The van der Waals surface area contributed by atoms with Crippen molar-refractivity contribution in [1.82, 2.24) is 4.90 Å². The minimum atomic E-state index is -0.611. The SMILES string of the molecule is NC(=O)Nc1ccc(OC[C@@H](O)CN2CCN(c3ccc(Cl)cc3)CC2)cc1. The third kappa shape index (κ3) is 6.02. The number of carbonyl (C=O) groups excluding carboxylic acids is 1. The van der Waals surface area contributed by atoms with Crippen molar-refractivity contribution in [2.75, 3.05) is 49.5 Å². The predicted octanol–water partition coefficient (Wildman–Crippen LogP) is 2.39. The number of nitrogens with zero attached hydrogens (tertiary/aromatic N) is 2. The van der Waals surface area contributed by atoms with Gasteiger partial charge in [-0.05, 0) is 48.5 Å². The number of β-amino-alcohol motifs (C(OH)–C–C–N with tert-alkyl or cyclic N) is 1. The summed E-state index contributed by atoms with van der Waals surface area (Å²) in [7, 11) is 0. The number of halogens is 1. The standard InChI is InChI=1S/C20H25ClN4O3/c21-15-1-5-17(6-2-15)25-11-9-24(10-12-25)13-18(26)14-28-19-7-3-16(4-8-19)23-20(22)27/h1-8,18,26H,9-14H2,(H3,22,23,27)/t18-/m0/s1. The van der Waals surface area contributed by atoms with Crippen molar-refractivity contribution < 1.29 is 14.6 Å². The number of piperazine rings is 1.